The molecule has 1 amide bonds. The summed E-state index contributed by atoms with van der Waals surface area (Å²) >= 11 is 0. The van der Waals surface area contributed by atoms with Crippen molar-refractivity contribution >= 4 is 27.4 Å². The van der Waals surface area contributed by atoms with E-state index in [1.54, 1.807) is 34.3 Å². The van der Waals surface area contributed by atoms with Gasteiger partial charge in [0, 0.05) is 43.5 Å². The molecule has 1 saturated heterocycles. The largest absolute Gasteiger partial charge is 0.306 e. The van der Waals surface area contributed by atoms with Crippen molar-refractivity contribution in [2.45, 2.75) is 63.5 Å². The van der Waals surface area contributed by atoms with Gasteiger partial charge in [0.1, 0.15) is 11.4 Å². The molecule has 4 aromatic rings. The Morgan fingerprint density at radius 1 is 1.05 bits per heavy atom. The van der Waals surface area contributed by atoms with Crippen LogP contribution in [-0.4, -0.2) is 86.4 Å². The fourth-order valence-electron chi connectivity index (χ4n) is 6.36. The van der Waals surface area contributed by atoms with Crippen LogP contribution >= 0.6 is 0 Å². The van der Waals surface area contributed by atoms with Crippen LogP contribution in [0.3, 0.4) is 0 Å². The highest BCUT2D eigenvalue weighted by atomic mass is 32.2. The van der Waals surface area contributed by atoms with Gasteiger partial charge in [-0.3, -0.25) is 4.79 Å². The van der Waals surface area contributed by atoms with E-state index in [0.29, 0.717) is 23.1 Å². The summed E-state index contributed by atoms with van der Waals surface area (Å²) in [4.78, 5) is 20.3. The van der Waals surface area contributed by atoms with Crippen LogP contribution in [0, 0.1) is 6.92 Å². The number of likely N-dealkylation sites (tertiary alicyclic amines) is 1. The summed E-state index contributed by atoms with van der Waals surface area (Å²) in [6.07, 6.45) is 12.1. The molecule has 0 atom stereocenters. The number of amides is 1. The van der Waals surface area contributed by atoms with Gasteiger partial charge in [0.05, 0.1) is 23.8 Å². The highest BCUT2D eigenvalue weighted by molar-refractivity contribution is 7.88. The Morgan fingerprint density at radius 3 is 2.45 bits per heavy atom. The predicted octanol–water partition coefficient (Wildman–Crippen LogP) is 3.86. The molecule has 2 fully saturated rings. The zero-order chi connectivity index (χ0) is 29.4. The number of sulfonamides is 1. The normalized spacial score (nSPS) is 20.8. The number of piperidine rings is 1. The third kappa shape index (κ3) is 5.83. The SMILES string of the molecule is Cc1ccc(-n2nc(C3CCN(C4CCC(N(C)S(C)(=O)=O)CC4)CC3)cc2NC(=O)c2cnn3cccnc23)cc1. The zero-order valence-corrected chi connectivity index (χ0v) is 25.2. The first-order chi connectivity index (χ1) is 20.2. The lowest BCUT2D eigenvalue weighted by Gasteiger charge is -2.41. The first-order valence-corrected chi connectivity index (χ1v) is 16.5. The van der Waals surface area contributed by atoms with E-state index in [4.69, 9.17) is 5.10 Å². The first kappa shape index (κ1) is 28.5. The number of rotatable bonds is 7. The maximum absolute atomic E-state index is 13.4. The van der Waals surface area contributed by atoms with E-state index in [-0.39, 0.29) is 17.9 Å². The zero-order valence-electron chi connectivity index (χ0n) is 24.3. The minimum atomic E-state index is -3.16. The van der Waals surface area contributed by atoms with Crippen molar-refractivity contribution < 1.29 is 13.2 Å². The second-order valence-corrected chi connectivity index (χ2v) is 13.7. The van der Waals surface area contributed by atoms with Crippen LogP contribution < -0.4 is 5.32 Å². The van der Waals surface area contributed by atoms with Crippen molar-refractivity contribution in [3.63, 3.8) is 0 Å². The number of carbonyl (C=O) groups excluding carboxylic acids is 1. The standard InChI is InChI=1S/C30H38N8O3S/c1-21-5-7-25(8-6-21)38-28(33-30(39)26-20-32-37-16-4-15-31-29(26)37)19-27(34-38)22-13-17-36(18-14-22)24-11-9-23(10-12-24)35(2)42(3,40)41/h4-8,15-16,19-20,22-24H,9-14,17-18H2,1-3H3,(H,33,39). The van der Waals surface area contributed by atoms with E-state index < -0.39 is 10.0 Å². The summed E-state index contributed by atoms with van der Waals surface area (Å²) < 4.78 is 28.9. The highest BCUT2D eigenvalue weighted by Crippen LogP contribution is 2.34. The van der Waals surface area contributed by atoms with Gasteiger partial charge in [0.25, 0.3) is 5.91 Å². The predicted molar refractivity (Wildman–Crippen MR) is 161 cm³/mol. The van der Waals surface area contributed by atoms with E-state index in [9.17, 15) is 13.2 Å². The third-order valence-corrected chi connectivity index (χ3v) is 10.3. The topological polar surface area (TPSA) is 118 Å². The molecule has 4 heterocycles. The summed E-state index contributed by atoms with van der Waals surface area (Å²) in [6.45, 7) is 4.01. The first-order valence-electron chi connectivity index (χ1n) is 14.6. The molecule has 0 radical (unpaired) electrons. The fourth-order valence-corrected chi connectivity index (χ4v) is 7.11. The Hall–Kier alpha value is -3.61. The lowest BCUT2D eigenvalue weighted by atomic mass is 9.87. The number of aryl methyl sites for hydroxylation is 1. The van der Waals surface area contributed by atoms with Gasteiger partial charge in [-0.05, 0) is 76.7 Å². The molecule has 1 aliphatic heterocycles. The minimum Gasteiger partial charge on any atom is -0.306 e. The second-order valence-electron chi connectivity index (χ2n) is 11.7. The number of aromatic nitrogens is 5. The maximum atomic E-state index is 13.4. The number of nitrogens with one attached hydrogen (secondary N) is 1. The molecule has 2 aliphatic rings. The molecule has 1 saturated carbocycles. The van der Waals surface area contributed by atoms with Gasteiger partial charge >= 0.3 is 0 Å². The number of anilines is 1. The molecule has 0 unspecified atom stereocenters. The molecule has 3 aromatic heterocycles. The summed E-state index contributed by atoms with van der Waals surface area (Å²) in [5, 5.41) is 12.3. The van der Waals surface area contributed by atoms with E-state index >= 15 is 0 Å². The number of carbonyl (C=O) groups is 1. The summed E-state index contributed by atoms with van der Waals surface area (Å²) in [5.41, 5.74) is 3.91. The molecular weight excluding hydrogens is 552 g/mol. The molecule has 1 N–H and O–H groups in total. The van der Waals surface area contributed by atoms with E-state index in [1.165, 1.54) is 12.5 Å². The van der Waals surface area contributed by atoms with Crippen molar-refractivity contribution in [1.29, 1.82) is 0 Å². The Labute approximate surface area is 246 Å². The minimum absolute atomic E-state index is 0.102. The second kappa shape index (κ2) is 11.6. The lowest BCUT2D eigenvalue weighted by molar-refractivity contribution is 0.102. The van der Waals surface area contributed by atoms with Crippen LogP contribution in [0.5, 0.6) is 0 Å². The molecule has 1 aromatic carbocycles. The van der Waals surface area contributed by atoms with Gasteiger partial charge in [-0.2, -0.15) is 10.2 Å². The van der Waals surface area contributed by atoms with Crippen LogP contribution in [0.4, 0.5) is 5.82 Å². The summed E-state index contributed by atoms with van der Waals surface area (Å²) in [5.74, 6) is 0.621. The highest BCUT2D eigenvalue weighted by Gasteiger charge is 2.33. The molecule has 6 rings (SSSR count). The smallest absolute Gasteiger partial charge is 0.262 e. The van der Waals surface area contributed by atoms with Gasteiger partial charge in [-0.25, -0.2) is 26.9 Å². The number of nitrogens with zero attached hydrogens (tertiary/aromatic N) is 7. The lowest BCUT2D eigenvalue weighted by Crippen LogP contribution is -2.46. The number of hydrogen-bond acceptors (Lipinski definition) is 7. The monoisotopic (exact) mass is 590 g/mol. The van der Waals surface area contributed by atoms with E-state index in [1.807, 2.05) is 41.9 Å². The molecule has 222 valence electrons. The Bertz CT molecular complexity index is 1660. The molecule has 1 aliphatic carbocycles. The Morgan fingerprint density at radius 2 is 1.76 bits per heavy atom. The average molecular weight is 591 g/mol. The van der Waals surface area contributed by atoms with Crippen molar-refractivity contribution in [3.05, 3.63) is 71.8 Å². The van der Waals surface area contributed by atoms with E-state index in [0.717, 1.165) is 68.6 Å². The Balaban J connectivity index is 1.16. The van der Waals surface area contributed by atoms with E-state index in [2.05, 4.69) is 20.3 Å². The van der Waals surface area contributed by atoms with Crippen LogP contribution in [0.1, 0.15) is 66.1 Å². The molecule has 11 nitrogen and oxygen atoms in total. The summed E-state index contributed by atoms with van der Waals surface area (Å²) in [6, 6.07) is 12.5. The third-order valence-electron chi connectivity index (χ3n) is 8.94. The van der Waals surface area contributed by atoms with Crippen molar-refractivity contribution in [2.24, 2.45) is 0 Å². The molecular formula is C30H38N8O3S. The number of benzene rings is 1. The van der Waals surface area contributed by atoms with Crippen LogP contribution in [0.2, 0.25) is 0 Å². The van der Waals surface area contributed by atoms with Gasteiger partial charge in [-0.1, -0.05) is 17.7 Å². The van der Waals surface area contributed by atoms with Crippen molar-refractivity contribution in [3.8, 4) is 5.69 Å². The average Bonchev–Trinajstić information content (AvgIpc) is 3.62. The number of fused-ring (bicyclic) bond motifs is 1. The quantitative estimate of drug-likeness (QED) is 0.347. The van der Waals surface area contributed by atoms with Crippen LogP contribution in [0.25, 0.3) is 11.3 Å². The van der Waals surface area contributed by atoms with Crippen molar-refractivity contribution in [1.82, 2.24) is 33.6 Å². The summed E-state index contributed by atoms with van der Waals surface area (Å²) in [7, 11) is -1.46. The maximum Gasteiger partial charge on any atom is 0.262 e. The molecule has 12 heteroatoms. The molecule has 0 bridgehead atoms. The molecule has 0 spiro atoms. The van der Waals surface area contributed by atoms with Crippen molar-refractivity contribution in [2.75, 3.05) is 31.7 Å². The Kier molecular flexibility index (Phi) is 7.86. The van der Waals surface area contributed by atoms with Crippen LogP contribution in [0.15, 0.2) is 55.0 Å². The number of hydrogen-bond donors (Lipinski definition) is 1. The van der Waals surface area contributed by atoms with Gasteiger partial charge < -0.3 is 10.2 Å². The van der Waals surface area contributed by atoms with Crippen LogP contribution in [-0.2, 0) is 10.0 Å². The van der Waals surface area contributed by atoms with Gasteiger partial charge in [0.15, 0.2) is 5.65 Å². The van der Waals surface area contributed by atoms with Gasteiger partial charge in [0.2, 0.25) is 10.0 Å². The molecule has 42 heavy (non-hydrogen) atoms. The van der Waals surface area contributed by atoms with Gasteiger partial charge in [-0.15, -0.1) is 0 Å². The fraction of sp³-hybridized carbons (Fsp3) is 0.467.